The Morgan fingerprint density at radius 1 is 1.27 bits per heavy atom. The lowest BCUT2D eigenvalue weighted by Crippen LogP contribution is -2.40. The van der Waals surface area contributed by atoms with Gasteiger partial charge in [-0.15, -0.1) is 0 Å². The van der Waals surface area contributed by atoms with Crippen LogP contribution in [0.15, 0.2) is 42.5 Å². The summed E-state index contributed by atoms with van der Waals surface area (Å²) in [5.41, 5.74) is 1.26. The molecular weight excluding hydrogens is 292 g/mol. The molecule has 0 radical (unpaired) electrons. The first kappa shape index (κ1) is 15.3. The predicted octanol–water partition coefficient (Wildman–Crippen LogP) is 3.54. The summed E-state index contributed by atoms with van der Waals surface area (Å²) in [6.07, 6.45) is 2.57. The molecule has 0 amide bonds. The maximum absolute atomic E-state index is 5.60. The van der Waals surface area contributed by atoms with Crippen molar-refractivity contribution in [2.24, 2.45) is 0 Å². The van der Waals surface area contributed by atoms with Crippen LogP contribution >= 0.6 is 12.2 Å². The Kier molecular flexibility index (Phi) is 4.90. The summed E-state index contributed by atoms with van der Waals surface area (Å²) in [5.74, 6) is 0. The third kappa shape index (κ3) is 3.57. The molecule has 2 aromatic rings. The SMILES string of the molecule is C[C@@H](NC(=S)NC[C@@H]1CCCO1)c1cccc2ccccc12. The van der Waals surface area contributed by atoms with Gasteiger partial charge < -0.3 is 15.4 Å². The minimum absolute atomic E-state index is 0.163. The maximum Gasteiger partial charge on any atom is 0.166 e. The summed E-state index contributed by atoms with van der Waals surface area (Å²) in [6, 6.07) is 15.0. The van der Waals surface area contributed by atoms with E-state index >= 15 is 0 Å². The number of nitrogens with one attached hydrogen (secondary N) is 2. The Morgan fingerprint density at radius 2 is 2.09 bits per heavy atom. The summed E-state index contributed by atoms with van der Waals surface area (Å²) in [5, 5.41) is 9.86. The van der Waals surface area contributed by atoms with E-state index < -0.39 is 0 Å². The number of hydrogen-bond donors (Lipinski definition) is 2. The standard InChI is InChI=1S/C18H22N2OS/c1-13(20-18(22)19-12-15-8-5-11-21-15)16-10-4-7-14-6-2-3-9-17(14)16/h2-4,6-7,9-10,13,15H,5,8,11-12H2,1H3,(H2,19,20,22)/t13-,15+/m1/s1. The highest BCUT2D eigenvalue weighted by Gasteiger charge is 2.16. The highest BCUT2D eigenvalue weighted by atomic mass is 32.1. The third-order valence-corrected chi connectivity index (χ3v) is 4.41. The van der Waals surface area contributed by atoms with Crippen LogP contribution in [0, 0.1) is 0 Å². The summed E-state index contributed by atoms with van der Waals surface area (Å²) in [4.78, 5) is 0. The van der Waals surface area contributed by atoms with Crippen LogP contribution in [0.25, 0.3) is 10.8 Å². The van der Waals surface area contributed by atoms with E-state index in [1.54, 1.807) is 0 Å². The lowest BCUT2D eigenvalue weighted by Gasteiger charge is -2.20. The van der Waals surface area contributed by atoms with Crippen LogP contribution in [0.4, 0.5) is 0 Å². The van der Waals surface area contributed by atoms with Crippen molar-refractivity contribution in [3.05, 3.63) is 48.0 Å². The molecule has 4 heteroatoms. The molecule has 1 aliphatic rings. The minimum atomic E-state index is 0.163. The normalized spacial score (nSPS) is 19.0. The minimum Gasteiger partial charge on any atom is -0.376 e. The Hall–Kier alpha value is -1.65. The zero-order chi connectivity index (χ0) is 15.4. The van der Waals surface area contributed by atoms with Gasteiger partial charge in [-0.1, -0.05) is 42.5 Å². The van der Waals surface area contributed by atoms with E-state index in [2.05, 4.69) is 60.0 Å². The van der Waals surface area contributed by atoms with Gasteiger partial charge in [-0.25, -0.2) is 0 Å². The van der Waals surface area contributed by atoms with Gasteiger partial charge in [0.15, 0.2) is 5.11 Å². The van der Waals surface area contributed by atoms with E-state index in [0.717, 1.165) is 26.0 Å². The average molecular weight is 314 g/mol. The molecule has 2 N–H and O–H groups in total. The van der Waals surface area contributed by atoms with E-state index in [9.17, 15) is 0 Å². The van der Waals surface area contributed by atoms with E-state index in [0.29, 0.717) is 11.2 Å². The van der Waals surface area contributed by atoms with Crippen LogP contribution in [0.3, 0.4) is 0 Å². The van der Waals surface area contributed by atoms with Crippen LogP contribution in [0.1, 0.15) is 31.4 Å². The first-order valence-electron chi connectivity index (χ1n) is 7.87. The number of hydrogen-bond acceptors (Lipinski definition) is 2. The summed E-state index contributed by atoms with van der Waals surface area (Å²) < 4.78 is 5.60. The number of ether oxygens (including phenoxy) is 1. The largest absolute Gasteiger partial charge is 0.376 e. The fourth-order valence-corrected chi connectivity index (χ4v) is 3.23. The van der Waals surface area contributed by atoms with Crippen LogP contribution in [0.2, 0.25) is 0 Å². The molecular formula is C18H22N2OS. The highest BCUT2D eigenvalue weighted by molar-refractivity contribution is 7.80. The molecule has 22 heavy (non-hydrogen) atoms. The molecule has 1 saturated heterocycles. The van der Waals surface area contributed by atoms with Gasteiger partial charge in [0, 0.05) is 13.2 Å². The summed E-state index contributed by atoms with van der Waals surface area (Å²) in [7, 11) is 0. The van der Waals surface area contributed by atoms with Crippen molar-refractivity contribution in [2.75, 3.05) is 13.2 Å². The number of fused-ring (bicyclic) bond motifs is 1. The Balaban J connectivity index is 1.62. The van der Waals surface area contributed by atoms with Crippen molar-refractivity contribution in [3.63, 3.8) is 0 Å². The van der Waals surface area contributed by atoms with Crippen molar-refractivity contribution < 1.29 is 4.74 Å². The smallest absolute Gasteiger partial charge is 0.166 e. The van der Waals surface area contributed by atoms with Crippen LogP contribution in [0.5, 0.6) is 0 Å². The molecule has 1 aliphatic heterocycles. The lowest BCUT2D eigenvalue weighted by atomic mass is 10.00. The molecule has 0 aliphatic carbocycles. The zero-order valence-corrected chi connectivity index (χ0v) is 13.7. The molecule has 0 aromatic heterocycles. The van der Waals surface area contributed by atoms with Crippen molar-refractivity contribution >= 4 is 28.1 Å². The second-order valence-electron chi connectivity index (χ2n) is 5.78. The molecule has 0 spiro atoms. The first-order valence-corrected chi connectivity index (χ1v) is 8.28. The topological polar surface area (TPSA) is 33.3 Å². The molecule has 1 heterocycles. The van der Waals surface area contributed by atoms with Gasteiger partial charge in [-0.05, 0) is 48.3 Å². The van der Waals surface area contributed by atoms with Gasteiger partial charge in [0.2, 0.25) is 0 Å². The predicted molar refractivity (Wildman–Crippen MR) is 95.1 cm³/mol. The number of rotatable bonds is 4. The monoisotopic (exact) mass is 314 g/mol. The van der Waals surface area contributed by atoms with Gasteiger partial charge in [0.05, 0.1) is 12.1 Å². The van der Waals surface area contributed by atoms with Gasteiger partial charge >= 0.3 is 0 Å². The van der Waals surface area contributed by atoms with Crippen molar-refractivity contribution in [1.29, 1.82) is 0 Å². The lowest BCUT2D eigenvalue weighted by molar-refractivity contribution is 0.114. The third-order valence-electron chi connectivity index (χ3n) is 4.15. The molecule has 0 saturated carbocycles. The molecule has 116 valence electrons. The Labute approximate surface area is 137 Å². The summed E-state index contributed by atoms with van der Waals surface area (Å²) in [6.45, 7) is 3.80. The van der Waals surface area contributed by atoms with Crippen LogP contribution in [-0.4, -0.2) is 24.4 Å². The quantitative estimate of drug-likeness (QED) is 0.846. The van der Waals surface area contributed by atoms with Crippen LogP contribution in [-0.2, 0) is 4.74 Å². The zero-order valence-electron chi connectivity index (χ0n) is 12.8. The van der Waals surface area contributed by atoms with Gasteiger partial charge in [-0.3, -0.25) is 0 Å². The van der Waals surface area contributed by atoms with Crippen molar-refractivity contribution in [1.82, 2.24) is 10.6 Å². The highest BCUT2D eigenvalue weighted by Crippen LogP contribution is 2.23. The molecule has 1 fully saturated rings. The first-order chi connectivity index (χ1) is 10.7. The maximum atomic E-state index is 5.60. The Bertz CT molecular complexity index is 647. The van der Waals surface area contributed by atoms with Gasteiger partial charge in [0.1, 0.15) is 0 Å². The van der Waals surface area contributed by atoms with Crippen molar-refractivity contribution in [2.45, 2.75) is 31.9 Å². The number of thiocarbonyl (C=S) groups is 1. The summed E-state index contributed by atoms with van der Waals surface area (Å²) >= 11 is 5.41. The van der Waals surface area contributed by atoms with E-state index in [1.807, 2.05) is 0 Å². The van der Waals surface area contributed by atoms with E-state index in [-0.39, 0.29) is 6.04 Å². The van der Waals surface area contributed by atoms with Crippen molar-refractivity contribution in [3.8, 4) is 0 Å². The molecule has 3 nitrogen and oxygen atoms in total. The Morgan fingerprint density at radius 3 is 2.91 bits per heavy atom. The van der Waals surface area contributed by atoms with Crippen LogP contribution < -0.4 is 10.6 Å². The second-order valence-corrected chi connectivity index (χ2v) is 6.19. The van der Waals surface area contributed by atoms with Gasteiger partial charge in [-0.2, -0.15) is 0 Å². The van der Waals surface area contributed by atoms with E-state index in [1.165, 1.54) is 16.3 Å². The molecule has 0 bridgehead atoms. The molecule has 3 rings (SSSR count). The fourth-order valence-electron chi connectivity index (χ4n) is 2.97. The average Bonchev–Trinajstić information content (AvgIpc) is 3.06. The fraction of sp³-hybridized carbons (Fsp3) is 0.389. The molecule has 0 unspecified atom stereocenters. The molecule has 2 aromatic carbocycles. The van der Waals surface area contributed by atoms with E-state index in [4.69, 9.17) is 17.0 Å². The second kappa shape index (κ2) is 7.07. The van der Waals surface area contributed by atoms with Gasteiger partial charge in [0.25, 0.3) is 0 Å². The number of benzene rings is 2. The molecule has 2 atom stereocenters.